The number of anilines is 1. The van der Waals surface area contributed by atoms with E-state index in [4.69, 9.17) is 10.4 Å². The summed E-state index contributed by atoms with van der Waals surface area (Å²) < 4.78 is 0. The van der Waals surface area contributed by atoms with Crippen LogP contribution in [0.2, 0.25) is 0 Å². The van der Waals surface area contributed by atoms with Crippen LogP contribution in [0.3, 0.4) is 0 Å². The molecule has 102 valence electrons. The summed E-state index contributed by atoms with van der Waals surface area (Å²) in [6, 6.07) is 5.86. The summed E-state index contributed by atoms with van der Waals surface area (Å²) in [5.74, 6) is -0.163. The fourth-order valence-corrected chi connectivity index (χ4v) is 1.86. The van der Waals surface area contributed by atoms with Crippen LogP contribution in [-0.2, 0) is 4.79 Å². The maximum Gasteiger partial charge on any atom is 0.303 e. The van der Waals surface area contributed by atoms with Crippen molar-refractivity contribution in [2.75, 3.05) is 11.4 Å². The van der Waals surface area contributed by atoms with Gasteiger partial charge in [0.25, 0.3) is 0 Å². The largest absolute Gasteiger partial charge is 0.481 e. The Bertz CT molecular complexity index is 492. The Balaban J connectivity index is 2.96. The molecule has 0 fully saturated rings. The molecular weight excluding hydrogens is 242 g/mol. The van der Waals surface area contributed by atoms with Gasteiger partial charge >= 0.3 is 5.97 Å². The zero-order valence-corrected chi connectivity index (χ0v) is 11.6. The van der Waals surface area contributed by atoms with Crippen molar-refractivity contribution in [2.45, 2.75) is 39.7 Å². The van der Waals surface area contributed by atoms with E-state index >= 15 is 0 Å². The maximum atomic E-state index is 10.6. The maximum absolute atomic E-state index is 10.6. The van der Waals surface area contributed by atoms with Crippen LogP contribution in [0, 0.1) is 18.3 Å². The second-order valence-corrected chi connectivity index (χ2v) is 4.72. The first-order chi connectivity index (χ1) is 8.95. The number of pyridine rings is 1. The number of rotatable bonds is 6. The molecule has 0 unspecified atom stereocenters. The number of aromatic nitrogens is 1. The molecule has 0 saturated carbocycles. The van der Waals surface area contributed by atoms with Crippen molar-refractivity contribution >= 4 is 11.8 Å². The van der Waals surface area contributed by atoms with Gasteiger partial charge in [0.1, 0.15) is 11.9 Å². The van der Waals surface area contributed by atoms with E-state index in [-0.39, 0.29) is 12.5 Å². The number of hydrogen-bond acceptors (Lipinski definition) is 4. The Hall–Kier alpha value is -2.09. The fraction of sp³-hybridized carbons (Fsp3) is 0.500. The minimum atomic E-state index is -0.804. The average Bonchev–Trinajstić information content (AvgIpc) is 2.34. The lowest BCUT2D eigenvalue weighted by molar-refractivity contribution is -0.137. The Kier molecular flexibility index (Phi) is 5.31. The molecular formula is C14H19N3O2. The van der Waals surface area contributed by atoms with Gasteiger partial charge < -0.3 is 10.0 Å². The summed E-state index contributed by atoms with van der Waals surface area (Å²) >= 11 is 0. The highest BCUT2D eigenvalue weighted by Crippen LogP contribution is 2.20. The van der Waals surface area contributed by atoms with Crippen LogP contribution in [0.25, 0.3) is 0 Å². The second-order valence-electron chi connectivity index (χ2n) is 4.72. The molecule has 19 heavy (non-hydrogen) atoms. The summed E-state index contributed by atoms with van der Waals surface area (Å²) in [5.41, 5.74) is 1.37. The van der Waals surface area contributed by atoms with Crippen LogP contribution in [0.5, 0.6) is 0 Å². The van der Waals surface area contributed by atoms with Gasteiger partial charge in [0.2, 0.25) is 0 Å². The Morgan fingerprint density at radius 2 is 2.21 bits per heavy atom. The molecule has 0 bridgehead atoms. The predicted molar refractivity (Wildman–Crippen MR) is 73.0 cm³/mol. The molecule has 1 N–H and O–H groups in total. The molecule has 0 radical (unpaired) electrons. The quantitative estimate of drug-likeness (QED) is 0.850. The van der Waals surface area contributed by atoms with Gasteiger partial charge in [-0.1, -0.05) is 0 Å². The smallest absolute Gasteiger partial charge is 0.303 e. The van der Waals surface area contributed by atoms with Gasteiger partial charge in [-0.2, -0.15) is 5.26 Å². The van der Waals surface area contributed by atoms with Gasteiger partial charge in [0, 0.05) is 24.7 Å². The Labute approximate surface area is 113 Å². The first-order valence-corrected chi connectivity index (χ1v) is 6.32. The number of aryl methyl sites for hydroxylation is 1. The van der Waals surface area contributed by atoms with Crippen molar-refractivity contribution in [3.63, 3.8) is 0 Å². The standard InChI is InChI=1S/C14H19N3O2/c1-10(2)17(8-4-5-13(18)19)14-12(9-15)7-6-11(3)16-14/h6-7,10H,4-5,8H2,1-3H3,(H,18,19). The molecule has 1 heterocycles. The third-order valence-electron chi connectivity index (χ3n) is 2.82. The Morgan fingerprint density at radius 3 is 2.74 bits per heavy atom. The highest BCUT2D eigenvalue weighted by molar-refractivity contribution is 5.66. The summed E-state index contributed by atoms with van der Waals surface area (Å²) in [4.78, 5) is 17.0. The van der Waals surface area contributed by atoms with Crippen LogP contribution in [0.4, 0.5) is 5.82 Å². The molecule has 0 amide bonds. The van der Waals surface area contributed by atoms with Gasteiger partial charge in [-0.05, 0) is 39.3 Å². The monoisotopic (exact) mass is 261 g/mol. The van der Waals surface area contributed by atoms with Crippen LogP contribution >= 0.6 is 0 Å². The van der Waals surface area contributed by atoms with E-state index in [1.165, 1.54) is 0 Å². The van der Waals surface area contributed by atoms with E-state index in [2.05, 4.69) is 11.1 Å². The average molecular weight is 261 g/mol. The van der Waals surface area contributed by atoms with Gasteiger partial charge in [0.15, 0.2) is 0 Å². The molecule has 1 aromatic heterocycles. The lowest BCUT2D eigenvalue weighted by Gasteiger charge is -2.28. The van der Waals surface area contributed by atoms with Crippen LogP contribution in [0.15, 0.2) is 12.1 Å². The summed E-state index contributed by atoms with van der Waals surface area (Å²) in [6.45, 7) is 6.47. The zero-order chi connectivity index (χ0) is 14.4. The van der Waals surface area contributed by atoms with Crippen LogP contribution in [0.1, 0.15) is 37.9 Å². The van der Waals surface area contributed by atoms with E-state index in [9.17, 15) is 4.79 Å². The molecule has 0 saturated heterocycles. The predicted octanol–water partition coefficient (Wildman–Crippen LogP) is 2.34. The molecule has 0 aliphatic rings. The summed E-state index contributed by atoms with van der Waals surface area (Å²) in [7, 11) is 0. The molecule has 1 aromatic rings. The first kappa shape index (κ1) is 15.0. The van der Waals surface area contributed by atoms with Crippen molar-refractivity contribution in [2.24, 2.45) is 0 Å². The van der Waals surface area contributed by atoms with E-state index in [0.717, 1.165) is 5.69 Å². The molecule has 0 atom stereocenters. The molecule has 5 nitrogen and oxygen atoms in total. The topological polar surface area (TPSA) is 77.2 Å². The summed E-state index contributed by atoms with van der Waals surface area (Å²) in [5, 5.41) is 17.8. The van der Waals surface area contributed by atoms with Gasteiger partial charge in [-0.15, -0.1) is 0 Å². The van der Waals surface area contributed by atoms with Crippen molar-refractivity contribution in [1.82, 2.24) is 4.98 Å². The molecule has 0 aliphatic heterocycles. The van der Waals surface area contributed by atoms with Crippen molar-refractivity contribution < 1.29 is 9.90 Å². The summed E-state index contributed by atoms with van der Waals surface area (Å²) in [6.07, 6.45) is 0.658. The van der Waals surface area contributed by atoms with Crippen LogP contribution in [-0.4, -0.2) is 28.6 Å². The minimum Gasteiger partial charge on any atom is -0.481 e. The normalized spacial score (nSPS) is 10.3. The molecule has 5 heteroatoms. The third-order valence-corrected chi connectivity index (χ3v) is 2.82. The fourth-order valence-electron chi connectivity index (χ4n) is 1.86. The second kappa shape index (κ2) is 6.74. The lowest BCUT2D eigenvalue weighted by atomic mass is 10.2. The van der Waals surface area contributed by atoms with Gasteiger partial charge in [-0.3, -0.25) is 4.79 Å². The number of nitrogens with zero attached hydrogens (tertiary/aromatic N) is 3. The molecule has 0 aliphatic carbocycles. The van der Waals surface area contributed by atoms with Crippen molar-refractivity contribution in [3.05, 3.63) is 23.4 Å². The van der Waals surface area contributed by atoms with E-state index in [1.807, 2.05) is 25.7 Å². The lowest BCUT2D eigenvalue weighted by Crippen LogP contribution is -2.33. The van der Waals surface area contributed by atoms with Crippen molar-refractivity contribution in [1.29, 1.82) is 5.26 Å². The third kappa shape index (κ3) is 4.25. The number of nitriles is 1. The first-order valence-electron chi connectivity index (χ1n) is 6.32. The molecule has 0 spiro atoms. The van der Waals surface area contributed by atoms with Crippen LogP contribution < -0.4 is 4.90 Å². The van der Waals surface area contributed by atoms with E-state index in [0.29, 0.717) is 24.3 Å². The number of hydrogen-bond donors (Lipinski definition) is 1. The van der Waals surface area contributed by atoms with E-state index < -0.39 is 5.97 Å². The highest BCUT2D eigenvalue weighted by atomic mass is 16.4. The van der Waals surface area contributed by atoms with Gasteiger partial charge in [0.05, 0.1) is 5.56 Å². The number of aliphatic carboxylic acids is 1. The number of carboxylic acid groups (broad SMARTS) is 1. The minimum absolute atomic E-state index is 0.122. The SMILES string of the molecule is Cc1ccc(C#N)c(N(CCCC(=O)O)C(C)C)n1. The number of carboxylic acids is 1. The molecule has 1 rings (SSSR count). The Morgan fingerprint density at radius 1 is 1.53 bits per heavy atom. The number of carbonyl (C=O) groups is 1. The van der Waals surface area contributed by atoms with Crippen molar-refractivity contribution in [3.8, 4) is 6.07 Å². The van der Waals surface area contributed by atoms with E-state index in [1.54, 1.807) is 12.1 Å². The van der Waals surface area contributed by atoms with Gasteiger partial charge in [-0.25, -0.2) is 4.98 Å². The highest BCUT2D eigenvalue weighted by Gasteiger charge is 2.16. The molecule has 0 aromatic carbocycles. The zero-order valence-electron chi connectivity index (χ0n) is 11.6.